The minimum Gasteiger partial charge on any atom is -0.477 e. The van der Waals surface area contributed by atoms with Crippen molar-refractivity contribution in [2.45, 2.75) is 6.92 Å². The number of aromatic nitrogens is 2. The second-order valence-electron chi connectivity index (χ2n) is 3.48. The molecule has 0 aliphatic heterocycles. The highest BCUT2D eigenvalue weighted by atomic mass is 16.4. The first kappa shape index (κ1) is 10.2. The van der Waals surface area contributed by atoms with Crippen molar-refractivity contribution in [2.75, 3.05) is 5.73 Å². The van der Waals surface area contributed by atoms with Crippen molar-refractivity contribution < 1.29 is 9.90 Å². The summed E-state index contributed by atoms with van der Waals surface area (Å²) in [6.07, 6.45) is 0. The van der Waals surface area contributed by atoms with E-state index in [1.165, 1.54) is 10.7 Å². The molecule has 82 valence electrons. The molecule has 0 unspecified atom stereocenters. The van der Waals surface area contributed by atoms with E-state index in [1.807, 2.05) is 0 Å². The topological polar surface area (TPSA) is 81.1 Å². The Labute approximate surface area is 92.1 Å². The van der Waals surface area contributed by atoms with E-state index in [4.69, 9.17) is 10.8 Å². The van der Waals surface area contributed by atoms with Crippen LogP contribution in [0.1, 0.15) is 16.2 Å². The molecule has 16 heavy (non-hydrogen) atoms. The summed E-state index contributed by atoms with van der Waals surface area (Å²) in [5.74, 6) is -1.00. The van der Waals surface area contributed by atoms with Crippen LogP contribution < -0.4 is 5.73 Å². The Morgan fingerprint density at radius 2 is 2.00 bits per heavy atom. The molecule has 2 rings (SSSR count). The van der Waals surface area contributed by atoms with Crippen LogP contribution in [0.15, 0.2) is 30.3 Å². The number of carboxylic acid groups (broad SMARTS) is 1. The molecule has 0 radical (unpaired) electrons. The number of nitrogens with zero attached hydrogens (tertiary/aromatic N) is 2. The summed E-state index contributed by atoms with van der Waals surface area (Å²) in [5.41, 5.74) is 7.67. The van der Waals surface area contributed by atoms with Crippen LogP contribution >= 0.6 is 0 Å². The van der Waals surface area contributed by atoms with Gasteiger partial charge >= 0.3 is 5.97 Å². The number of hydrogen-bond donors (Lipinski definition) is 2. The number of hydrogen-bond acceptors (Lipinski definition) is 3. The van der Waals surface area contributed by atoms with Crippen molar-refractivity contribution in [1.29, 1.82) is 0 Å². The fourth-order valence-corrected chi connectivity index (χ4v) is 1.46. The number of anilines is 1. The summed E-state index contributed by atoms with van der Waals surface area (Å²) < 4.78 is 1.39. The second-order valence-corrected chi connectivity index (χ2v) is 3.48. The average Bonchev–Trinajstić information content (AvgIpc) is 2.61. The number of nitrogens with two attached hydrogens (primary N) is 1. The van der Waals surface area contributed by atoms with Gasteiger partial charge in [0.1, 0.15) is 0 Å². The van der Waals surface area contributed by atoms with Crippen LogP contribution in [0, 0.1) is 6.92 Å². The SMILES string of the molecule is Cc1cc(C(=O)O)n(-c2ccc(N)cc2)n1. The summed E-state index contributed by atoms with van der Waals surface area (Å²) in [6, 6.07) is 8.40. The van der Waals surface area contributed by atoms with Gasteiger partial charge in [-0.2, -0.15) is 5.10 Å². The maximum absolute atomic E-state index is 11.0. The van der Waals surface area contributed by atoms with Crippen LogP contribution in [0.3, 0.4) is 0 Å². The standard InChI is InChI=1S/C11H11N3O2/c1-7-6-10(11(15)16)14(13-7)9-4-2-8(12)3-5-9/h2-6H,12H2,1H3,(H,15,16). The van der Waals surface area contributed by atoms with Crippen LogP contribution in [0.4, 0.5) is 5.69 Å². The van der Waals surface area contributed by atoms with E-state index in [0.717, 1.165) is 0 Å². The van der Waals surface area contributed by atoms with E-state index in [2.05, 4.69) is 5.10 Å². The van der Waals surface area contributed by atoms with Gasteiger partial charge < -0.3 is 10.8 Å². The fraction of sp³-hybridized carbons (Fsp3) is 0.0909. The quantitative estimate of drug-likeness (QED) is 0.746. The lowest BCUT2D eigenvalue weighted by atomic mass is 10.3. The molecule has 2 aromatic rings. The highest BCUT2D eigenvalue weighted by Gasteiger charge is 2.13. The first-order valence-corrected chi connectivity index (χ1v) is 4.74. The zero-order valence-corrected chi connectivity index (χ0v) is 8.71. The summed E-state index contributed by atoms with van der Waals surface area (Å²) in [7, 11) is 0. The lowest BCUT2D eigenvalue weighted by molar-refractivity contribution is 0.0687. The van der Waals surface area contributed by atoms with Gasteiger partial charge in [0.15, 0.2) is 5.69 Å². The Bertz CT molecular complexity index is 529. The first-order valence-electron chi connectivity index (χ1n) is 4.74. The minimum absolute atomic E-state index is 0.141. The van der Waals surface area contributed by atoms with Gasteiger partial charge in [0.25, 0.3) is 0 Å². The molecular weight excluding hydrogens is 206 g/mol. The third kappa shape index (κ3) is 1.75. The molecular formula is C11H11N3O2. The van der Waals surface area contributed by atoms with Gasteiger partial charge in [-0.3, -0.25) is 0 Å². The number of nitrogen functional groups attached to an aromatic ring is 1. The summed E-state index contributed by atoms with van der Waals surface area (Å²) in [5, 5.41) is 13.1. The molecule has 0 atom stereocenters. The monoisotopic (exact) mass is 217 g/mol. The van der Waals surface area contributed by atoms with Crippen LogP contribution in [0.2, 0.25) is 0 Å². The molecule has 0 saturated heterocycles. The average molecular weight is 217 g/mol. The zero-order valence-electron chi connectivity index (χ0n) is 8.71. The van der Waals surface area contributed by atoms with E-state index >= 15 is 0 Å². The lowest BCUT2D eigenvalue weighted by Gasteiger charge is -2.04. The van der Waals surface area contributed by atoms with Gasteiger partial charge in [0, 0.05) is 5.69 Å². The van der Waals surface area contributed by atoms with Gasteiger partial charge in [0.2, 0.25) is 0 Å². The van der Waals surface area contributed by atoms with Gasteiger partial charge in [-0.05, 0) is 37.3 Å². The number of benzene rings is 1. The maximum atomic E-state index is 11.0. The van der Waals surface area contributed by atoms with Crippen molar-refractivity contribution in [3.8, 4) is 5.69 Å². The summed E-state index contributed by atoms with van der Waals surface area (Å²) in [4.78, 5) is 11.0. The summed E-state index contributed by atoms with van der Waals surface area (Å²) in [6.45, 7) is 1.75. The largest absolute Gasteiger partial charge is 0.477 e. The Morgan fingerprint density at radius 3 is 2.56 bits per heavy atom. The molecule has 1 aromatic heterocycles. The molecule has 1 aromatic carbocycles. The van der Waals surface area contributed by atoms with Crippen molar-refractivity contribution in [3.05, 3.63) is 41.7 Å². The molecule has 0 bridgehead atoms. The molecule has 0 amide bonds. The maximum Gasteiger partial charge on any atom is 0.354 e. The number of aromatic carboxylic acids is 1. The molecule has 3 N–H and O–H groups in total. The summed E-state index contributed by atoms with van der Waals surface area (Å²) >= 11 is 0. The van der Waals surface area contributed by atoms with E-state index < -0.39 is 5.97 Å². The third-order valence-electron chi connectivity index (χ3n) is 2.19. The zero-order chi connectivity index (χ0) is 11.7. The molecule has 0 spiro atoms. The van der Waals surface area contributed by atoms with Crippen LogP contribution in [-0.4, -0.2) is 20.9 Å². The van der Waals surface area contributed by atoms with Gasteiger partial charge in [0.05, 0.1) is 11.4 Å². The number of carboxylic acids is 1. The Balaban J connectivity index is 2.55. The molecule has 0 aliphatic carbocycles. The van der Waals surface area contributed by atoms with Gasteiger partial charge in [-0.25, -0.2) is 9.48 Å². The number of rotatable bonds is 2. The van der Waals surface area contributed by atoms with E-state index in [1.54, 1.807) is 31.2 Å². The first-order chi connectivity index (χ1) is 7.58. The minimum atomic E-state index is -1.00. The van der Waals surface area contributed by atoms with E-state index in [-0.39, 0.29) is 5.69 Å². The predicted molar refractivity (Wildman–Crippen MR) is 59.7 cm³/mol. The lowest BCUT2D eigenvalue weighted by Crippen LogP contribution is -2.07. The van der Waals surface area contributed by atoms with Crippen LogP contribution in [-0.2, 0) is 0 Å². The Morgan fingerprint density at radius 1 is 1.38 bits per heavy atom. The van der Waals surface area contributed by atoms with Crippen molar-refractivity contribution in [1.82, 2.24) is 9.78 Å². The highest BCUT2D eigenvalue weighted by molar-refractivity contribution is 5.86. The van der Waals surface area contributed by atoms with Gasteiger partial charge in [-0.15, -0.1) is 0 Å². The van der Waals surface area contributed by atoms with Crippen molar-refractivity contribution >= 4 is 11.7 Å². The van der Waals surface area contributed by atoms with E-state index in [0.29, 0.717) is 17.1 Å². The van der Waals surface area contributed by atoms with Gasteiger partial charge in [-0.1, -0.05) is 0 Å². The smallest absolute Gasteiger partial charge is 0.354 e. The predicted octanol–water partition coefficient (Wildman–Crippen LogP) is 1.46. The van der Waals surface area contributed by atoms with E-state index in [9.17, 15) is 4.79 Å². The molecule has 1 heterocycles. The highest BCUT2D eigenvalue weighted by Crippen LogP contribution is 2.14. The second kappa shape index (κ2) is 3.69. The molecule has 5 nitrogen and oxygen atoms in total. The fourth-order valence-electron chi connectivity index (χ4n) is 1.46. The van der Waals surface area contributed by atoms with Crippen LogP contribution in [0.5, 0.6) is 0 Å². The Hall–Kier alpha value is -2.30. The van der Waals surface area contributed by atoms with Crippen molar-refractivity contribution in [2.24, 2.45) is 0 Å². The Kier molecular flexibility index (Phi) is 2.36. The number of aryl methyl sites for hydroxylation is 1. The normalized spacial score (nSPS) is 10.3. The van der Waals surface area contributed by atoms with Crippen LogP contribution in [0.25, 0.3) is 5.69 Å². The molecule has 5 heteroatoms. The molecule has 0 saturated carbocycles. The third-order valence-corrected chi connectivity index (χ3v) is 2.19. The molecule has 0 fully saturated rings. The molecule has 0 aliphatic rings. The van der Waals surface area contributed by atoms with Crippen molar-refractivity contribution in [3.63, 3.8) is 0 Å². The number of carbonyl (C=O) groups is 1.